The van der Waals surface area contributed by atoms with Crippen LogP contribution in [0.15, 0.2) is 12.1 Å². The van der Waals surface area contributed by atoms with E-state index in [1.165, 1.54) is 4.90 Å². The number of alkyl halides is 1. The Morgan fingerprint density at radius 3 is 2.74 bits per heavy atom. The quantitative estimate of drug-likeness (QED) is 0.805. The first-order valence-corrected chi connectivity index (χ1v) is 9.17. The summed E-state index contributed by atoms with van der Waals surface area (Å²) >= 11 is 0. The molecule has 0 bridgehead atoms. The number of benzene rings is 1. The second-order valence-electron chi connectivity index (χ2n) is 8.03. The number of methoxy groups -OCH3 is 1. The lowest BCUT2D eigenvalue weighted by Gasteiger charge is -2.36. The molecule has 1 saturated heterocycles. The van der Waals surface area contributed by atoms with Gasteiger partial charge in [-0.3, -0.25) is 4.79 Å². The lowest BCUT2D eigenvalue weighted by Crippen LogP contribution is -2.47. The highest BCUT2D eigenvalue weighted by atomic mass is 19.1. The van der Waals surface area contributed by atoms with E-state index in [1.54, 1.807) is 40.0 Å². The molecular formula is C20H26FNO5. The summed E-state index contributed by atoms with van der Waals surface area (Å²) < 4.78 is 31.1. The van der Waals surface area contributed by atoms with Crippen LogP contribution in [-0.4, -0.2) is 55.4 Å². The molecule has 148 valence electrons. The number of Topliss-reactive ketones (excluding diaryl/α,β-unsaturated/α-hetero) is 1. The van der Waals surface area contributed by atoms with E-state index in [1.807, 2.05) is 0 Å². The fourth-order valence-corrected chi connectivity index (χ4v) is 3.53. The van der Waals surface area contributed by atoms with E-state index >= 15 is 0 Å². The van der Waals surface area contributed by atoms with Gasteiger partial charge in [0, 0.05) is 12.1 Å². The highest BCUT2D eigenvalue weighted by Crippen LogP contribution is 2.39. The Bertz CT molecular complexity index is 743. The van der Waals surface area contributed by atoms with Crippen molar-refractivity contribution in [1.29, 1.82) is 0 Å². The molecule has 0 aromatic heterocycles. The van der Waals surface area contributed by atoms with E-state index in [9.17, 15) is 14.0 Å². The fourth-order valence-electron chi connectivity index (χ4n) is 3.53. The molecule has 0 unspecified atom stereocenters. The molecule has 1 fully saturated rings. The van der Waals surface area contributed by atoms with E-state index in [2.05, 4.69) is 0 Å². The van der Waals surface area contributed by atoms with E-state index in [-0.39, 0.29) is 24.9 Å². The van der Waals surface area contributed by atoms with E-state index in [4.69, 9.17) is 14.2 Å². The molecule has 2 aliphatic rings. The maximum atomic E-state index is 14.8. The van der Waals surface area contributed by atoms with E-state index in [0.29, 0.717) is 36.4 Å². The normalized spacial score (nSPS) is 22.3. The van der Waals surface area contributed by atoms with Crippen LogP contribution in [0.1, 0.15) is 43.1 Å². The van der Waals surface area contributed by atoms with Crippen LogP contribution in [0.3, 0.4) is 0 Å². The molecule has 3 rings (SSSR count). The Kier molecular flexibility index (Phi) is 5.31. The van der Waals surface area contributed by atoms with Gasteiger partial charge in [-0.2, -0.15) is 0 Å². The van der Waals surface area contributed by atoms with Crippen molar-refractivity contribution in [3.63, 3.8) is 0 Å². The number of ketones is 1. The number of ether oxygens (including phenoxy) is 3. The molecular weight excluding hydrogens is 353 g/mol. The van der Waals surface area contributed by atoms with Crippen LogP contribution in [0.5, 0.6) is 11.5 Å². The van der Waals surface area contributed by atoms with Crippen molar-refractivity contribution >= 4 is 11.9 Å². The topological polar surface area (TPSA) is 65.1 Å². The maximum absolute atomic E-state index is 14.8. The molecule has 2 aliphatic heterocycles. The number of hydrogen-bond donors (Lipinski definition) is 0. The van der Waals surface area contributed by atoms with Gasteiger partial charge in [-0.15, -0.1) is 0 Å². The minimum absolute atomic E-state index is 0.00327. The third-order valence-corrected chi connectivity index (χ3v) is 4.88. The average molecular weight is 379 g/mol. The predicted molar refractivity (Wildman–Crippen MR) is 97.3 cm³/mol. The van der Waals surface area contributed by atoms with Crippen LogP contribution in [-0.2, 0) is 11.2 Å². The number of halogens is 1. The standard InChI is InChI=1S/C20H26FNO5/c1-20(2,3)27-19(24)22-8-7-12(15(21)10-22)9-14-17(25-4)6-5-13-16(23)11-26-18(13)14/h5-6,12,15H,7-11H2,1-4H3/t12-,15-/m1/s1. The summed E-state index contributed by atoms with van der Waals surface area (Å²) in [6.45, 7) is 5.79. The van der Waals surface area contributed by atoms with Gasteiger partial charge >= 0.3 is 6.09 Å². The molecule has 0 aliphatic carbocycles. The van der Waals surface area contributed by atoms with Gasteiger partial charge < -0.3 is 19.1 Å². The van der Waals surface area contributed by atoms with Crippen LogP contribution in [0.4, 0.5) is 9.18 Å². The van der Waals surface area contributed by atoms with Crippen LogP contribution < -0.4 is 9.47 Å². The third kappa shape index (κ3) is 4.17. The maximum Gasteiger partial charge on any atom is 0.410 e. The number of fused-ring (bicyclic) bond motifs is 1. The van der Waals surface area contributed by atoms with Crippen molar-refractivity contribution in [2.75, 3.05) is 26.8 Å². The molecule has 0 saturated carbocycles. The minimum Gasteiger partial charge on any atom is -0.496 e. The van der Waals surface area contributed by atoms with Crippen molar-refractivity contribution in [3.8, 4) is 11.5 Å². The Morgan fingerprint density at radius 2 is 2.11 bits per heavy atom. The van der Waals surface area contributed by atoms with E-state index in [0.717, 1.165) is 5.56 Å². The second kappa shape index (κ2) is 7.37. The first-order valence-electron chi connectivity index (χ1n) is 9.17. The molecule has 0 N–H and O–H groups in total. The zero-order valence-electron chi connectivity index (χ0n) is 16.2. The lowest BCUT2D eigenvalue weighted by molar-refractivity contribution is 0.00541. The number of carbonyl (C=O) groups is 2. The van der Waals surface area contributed by atoms with Gasteiger partial charge in [-0.05, 0) is 51.7 Å². The zero-order chi connectivity index (χ0) is 19.8. The summed E-state index contributed by atoms with van der Waals surface area (Å²) in [4.78, 5) is 25.5. The van der Waals surface area contributed by atoms with Crippen LogP contribution in [0.25, 0.3) is 0 Å². The minimum atomic E-state index is -1.19. The van der Waals surface area contributed by atoms with Crippen molar-refractivity contribution < 1.29 is 28.2 Å². The number of carbonyl (C=O) groups excluding carboxylic acids is 2. The number of amides is 1. The molecule has 1 aromatic rings. The molecule has 2 heterocycles. The average Bonchev–Trinajstić information content (AvgIpc) is 2.97. The molecule has 1 aromatic carbocycles. The number of nitrogens with zero attached hydrogens (tertiary/aromatic N) is 1. The summed E-state index contributed by atoms with van der Waals surface area (Å²) in [6, 6.07) is 3.41. The Labute approximate surface area is 158 Å². The first-order chi connectivity index (χ1) is 12.7. The van der Waals surface area contributed by atoms with Gasteiger partial charge in [0.15, 0.2) is 6.61 Å². The van der Waals surface area contributed by atoms with Gasteiger partial charge in [-0.1, -0.05) is 0 Å². The van der Waals surface area contributed by atoms with Gasteiger partial charge in [0.2, 0.25) is 5.78 Å². The Morgan fingerprint density at radius 1 is 1.37 bits per heavy atom. The van der Waals surface area contributed by atoms with E-state index < -0.39 is 17.9 Å². The SMILES string of the molecule is COc1ccc2c(c1C[C@H]1CCN(C(=O)OC(C)(C)C)C[C@H]1F)OCC2=O. The summed E-state index contributed by atoms with van der Waals surface area (Å²) in [5, 5.41) is 0. The fraction of sp³-hybridized carbons (Fsp3) is 0.600. The van der Waals surface area contributed by atoms with Crippen molar-refractivity contribution in [3.05, 3.63) is 23.3 Å². The molecule has 0 radical (unpaired) electrons. The highest BCUT2D eigenvalue weighted by molar-refractivity contribution is 6.03. The van der Waals surface area contributed by atoms with Crippen molar-refractivity contribution in [2.24, 2.45) is 5.92 Å². The third-order valence-electron chi connectivity index (χ3n) is 4.88. The monoisotopic (exact) mass is 379 g/mol. The molecule has 7 heteroatoms. The summed E-state index contributed by atoms with van der Waals surface area (Å²) in [5.41, 5.74) is 0.633. The molecule has 27 heavy (non-hydrogen) atoms. The Hall–Kier alpha value is -2.31. The second-order valence-corrected chi connectivity index (χ2v) is 8.03. The lowest BCUT2D eigenvalue weighted by atomic mass is 9.87. The molecule has 0 spiro atoms. The van der Waals surface area contributed by atoms with Crippen molar-refractivity contribution in [2.45, 2.75) is 45.4 Å². The number of rotatable bonds is 3. The largest absolute Gasteiger partial charge is 0.496 e. The number of likely N-dealkylation sites (tertiary alicyclic amines) is 1. The Balaban J connectivity index is 1.72. The smallest absolute Gasteiger partial charge is 0.410 e. The summed E-state index contributed by atoms with van der Waals surface area (Å²) in [5.74, 6) is 0.722. The summed E-state index contributed by atoms with van der Waals surface area (Å²) in [6.07, 6.45) is -0.788. The van der Waals surface area contributed by atoms with Crippen LogP contribution in [0.2, 0.25) is 0 Å². The van der Waals surface area contributed by atoms with Crippen molar-refractivity contribution in [1.82, 2.24) is 4.90 Å². The summed E-state index contributed by atoms with van der Waals surface area (Å²) in [7, 11) is 1.54. The van der Waals surface area contributed by atoms with Gasteiger partial charge in [-0.25, -0.2) is 9.18 Å². The molecule has 6 nitrogen and oxygen atoms in total. The van der Waals surface area contributed by atoms with Gasteiger partial charge in [0.05, 0.1) is 19.2 Å². The number of piperidine rings is 1. The van der Waals surface area contributed by atoms with Gasteiger partial charge in [0.1, 0.15) is 23.3 Å². The zero-order valence-corrected chi connectivity index (χ0v) is 16.2. The van der Waals surface area contributed by atoms with Crippen LogP contribution in [0, 0.1) is 5.92 Å². The molecule has 2 atom stereocenters. The van der Waals surface area contributed by atoms with Gasteiger partial charge in [0.25, 0.3) is 0 Å². The molecule has 1 amide bonds. The first kappa shape index (κ1) is 19.5. The number of hydrogen-bond acceptors (Lipinski definition) is 5. The van der Waals surface area contributed by atoms with Crippen LogP contribution >= 0.6 is 0 Å². The highest BCUT2D eigenvalue weighted by Gasteiger charge is 2.36. The predicted octanol–water partition coefficient (Wildman–Crippen LogP) is 3.41.